The number of rotatable bonds is 6. The lowest BCUT2D eigenvalue weighted by Gasteiger charge is -2.26. The summed E-state index contributed by atoms with van der Waals surface area (Å²) in [6.07, 6.45) is -0.525. The average molecular weight is 402 g/mol. The van der Waals surface area contributed by atoms with Crippen molar-refractivity contribution in [1.82, 2.24) is 14.9 Å². The Morgan fingerprint density at radius 2 is 1.79 bits per heavy atom. The largest absolute Gasteiger partial charge is 0.464 e. The molecule has 0 saturated heterocycles. The highest BCUT2D eigenvalue weighted by Gasteiger charge is 2.30. The smallest absolute Gasteiger partial charge is 0.408 e. The first-order chi connectivity index (χ1) is 13.5. The summed E-state index contributed by atoms with van der Waals surface area (Å²) < 4.78 is 12.3. The highest BCUT2D eigenvalue weighted by atomic mass is 16.6. The van der Waals surface area contributed by atoms with Crippen molar-refractivity contribution in [3.63, 3.8) is 0 Å². The van der Waals surface area contributed by atoms with Crippen LogP contribution < -0.4 is 5.32 Å². The van der Waals surface area contributed by atoms with Gasteiger partial charge in [0.25, 0.3) is 0 Å². The van der Waals surface area contributed by atoms with E-state index < -0.39 is 23.7 Å². The van der Waals surface area contributed by atoms with Crippen LogP contribution in [0.2, 0.25) is 0 Å². The molecule has 1 heterocycles. The van der Waals surface area contributed by atoms with Gasteiger partial charge in [-0.25, -0.2) is 14.6 Å². The fraction of sp³-hybridized carbons (Fsp3) is 0.500. The number of ether oxygens (including phenoxy) is 2. The van der Waals surface area contributed by atoms with E-state index in [1.165, 1.54) is 7.11 Å². The van der Waals surface area contributed by atoms with Gasteiger partial charge in [0, 0.05) is 12.2 Å². The van der Waals surface area contributed by atoms with Crippen molar-refractivity contribution in [2.45, 2.75) is 59.7 Å². The number of alkyl carbamates (subject to hydrolysis) is 1. The number of esters is 1. The molecule has 1 aromatic heterocycles. The average Bonchev–Trinajstić information content (AvgIpc) is 2.94. The monoisotopic (exact) mass is 401 g/mol. The molecular formula is C22H31N3O4. The Morgan fingerprint density at radius 3 is 2.31 bits per heavy atom. The molecule has 0 fully saturated rings. The lowest BCUT2D eigenvalue weighted by Crippen LogP contribution is -2.38. The van der Waals surface area contributed by atoms with E-state index in [4.69, 9.17) is 9.47 Å². The van der Waals surface area contributed by atoms with E-state index in [0.717, 1.165) is 5.56 Å². The van der Waals surface area contributed by atoms with E-state index in [1.54, 1.807) is 0 Å². The van der Waals surface area contributed by atoms with E-state index in [9.17, 15) is 9.59 Å². The molecule has 2 rings (SSSR count). The van der Waals surface area contributed by atoms with Crippen LogP contribution in [0, 0.1) is 12.8 Å². The van der Waals surface area contributed by atoms with Gasteiger partial charge in [-0.2, -0.15) is 0 Å². The SMILES string of the molecule is COC(=O)c1nc([C@@H](NC(=O)OC(C)(C)C)C(C)C)n(Cc2ccccc2)c1C. The van der Waals surface area contributed by atoms with E-state index in [2.05, 4.69) is 10.3 Å². The molecule has 1 amide bonds. The summed E-state index contributed by atoms with van der Waals surface area (Å²) in [5, 5.41) is 2.92. The molecule has 0 radical (unpaired) electrons. The van der Waals surface area contributed by atoms with E-state index in [1.807, 2.05) is 76.4 Å². The van der Waals surface area contributed by atoms with Crippen LogP contribution in [0.1, 0.15) is 68.2 Å². The second kappa shape index (κ2) is 9.11. The topological polar surface area (TPSA) is 82.4 Å². The van der Waals surface area contributed by atoms with Crippen molar-refractivity contribution < 1.29 is 19.1 Å². The highest BCUT2D eigenvalue weighted by molar-refractivity contribution is 5.88. The Bertz CT molecular complexity index is 851. The normalized spacial score (nSPS) is 12.6. The van der Waals surface area contributed by atoms with Gasteiger partial charge in [-0.1, -0.05) is 44.2 Å². The number of aromatic nitrogens is 2. The zero-order valence-corrected chi connectivity index (χ0v) is 18.3. The number of benzene rings is 1. The van der Waals surface area contributed by atoms with Crippen LogP contribution >= 0.6 is 0 Å². The van der Waals surface area contributed by atoms with Crippen LogP contribution in [-0.4, -0.2) is 34.3 Å². The molecule has 0 unspecified atom stereocenters. The molecule has 7 nitrogen and oxygen atoms in total. The summed E-state index contributed by atoms with van der Waals surface area (Å²) >= 11 is 0. The first-order valence-electron chi connectivity index (χ1n) is 9.72. The van der Waals surface area contributed by atoms with Crippen LogP contribution in [0.5, 0.6) is 0 Å². The summed E-state index contributed by atoms with van der Waals surface area (Å²) in [5.74, 6) is 0.104. The number of nitrogens with zero attached hydrogens (tertiary/aromatic N) is 2. The second-order valence-corrected chi connectivity index (χ2v) is 8.34. The van der Waals surface area contributed by atoms with Crippen molar-refractivity contribution in [2.24, 2.45) is 5.92 Å². The number of amides is 1. The molecule has 1 atom stereocenters. The van der Waals surface area contributed by atoms with Crippen LogP contribution in [0.3, 0.4) is 0 Å². The molecular weight excluding hydrogens is 370 g/mol. The maximum atomic E-state index is 12.4. The molecule has 7 heteroatoms. The molecule has 0 aliphatic carbocycles. The predicted octanol–water partition coefficient (Wildman–Crippen LogP) is 4.25. The third kappa shape index (κ3) is 5.82. The van der Waals surface area contributed by atoms with Crippen LogP contribution in [0.15, 0.2) is 30.3 Å². The number of methoxy groups -OCH3 is 1. The Kier molecular flexibility index (Phi) is 7.06. The van der Waals surface area contributed by atoms with Gasteiger partial charge in [0.05, 0.1) is 13.2 Å². The standard InChI is InChI=1S/C22H31N3O4/c1-14(2)17(24-21(27)29-22(4,5)6)19-23-18(20(26)28-7)15(3)25(19)13-16-11-9-8-10-12-16/h8-12,14,17H,13H2,1-7H3,(H,24,27)/t17-/m0/s1. The zero-order chi connectivity index (χ0) is 21.8. The van der Waals surface area contributed by atoms with Gasteiger partial charge in [-0.05, 0) is 39.2 Å². The van der Waals surface area contributed by atoms with Gasteiger partial charge >= 0.3 is 12.1 Å². The summed E-state index contributed by atoms with van der Waals surface area (Å²) in [6, 6.07) is 9.44. The number of carbonyl (C=O) groups is 2. The van der Waals surface area contributed by atoms with E-state index in [0.29, 0.717) is 18.1 Å². The molecule has 158 valence electrons. The first kappa shape index (κ1) is 22.5. The van der Waals surface area contributed by atoms with Crippen molar-refractivity contribution in [3.8, 4) is 0 Å². The van der Waals surface area contributed by atoms with Gasteiger partial charge in [0.1, 0.15) is 11.4 Å². The van der Waals surface area contributed by atoms with Gasteiger partial charge < -0.3 is 19.4 Å². The molecule has 0 saturated carbocycles. The zero-order valence-electron chi connectivity index (χ0n) is 18.3. The van der Waals surface area contributed by atoms with Crippen LogP contribution in [0.25, 0.3) is 0 Å². The summed E-state index contributed by atoms with van der Waals surface area (Å²) in [5.41, 5.74) is 1.38. The maximum absolute atomic E-state index is 12.4. The van der Waals surface area contributed by atoms with Gasteiger partial charge in [0.15, 0.2) is 5.69 Å². The molecule has 0 bridgehead atoms. The molecule has 1 aromatic carbocycles. The molecule has 1 N–H and O–H groups in total. The van der Waals surface area contributed by atoms with Gasteiger partial charge in [-0.15, -0.1) is 0 Å². The minimum Gasteiger partial charge on any atom is -0.464 e. The fourth-order valence-electron chi connectivity index (χ4n) is 3.01. The van der Waals surface area contributed by atoms with Crippen molar-refractivity contribution >= 4 is 12.1 Å². The van der Waals surface area contributed by atoms with Gasteiger partial charge in [0.2, 0.25) is 0 Å². The Morgan fingerprint density at radius 1 is 1.17 bits per heavy atom. The molecule has 2 aromatic rings. The quantitative estimate of drug-likeness (QED) is 0.732. The molecule has 29 heavy (non-hydrogen) atoms. The fourth-order valence-corrected chi connectivity index (χ4v) is 3.01. The van der Waals surface area contributed by atoms with E-state index in [-0.39, 0.29) is 11.6 Å². The number of hydrogen-bond acceptors (Lipinski definition) is 5. The van der Waals surface area contributed by atoms with Crippen molar-refractivity contribution in [3.05, 3.63) is 53.1 Å². The second-order valence-electron chi connectivity index (χ2n) is 8.34. The number of imidazole rings is 1. The first-order valence-corrected chi connectivity index (χ1v) is 9.72. The minimum atomic E-state index is -0.613. The van der Waals surface area contributed by atoms with Crippen molar-refractivity contribution in [1.29, 1.82) is 0 Å². The van der Waals surface area contributed by atoms with Gasteiger partial charge in [-0.3, -0.25) is 0 Å². The third-order valence-electron chi connectivity index (χ3n) is 4.43. The van der Waals surface area contributed by atoms with Crippen LogP contribution in [-0.2, 0) is 16.0 Å². The van der Waals surface area contributed by atoms with Crippen LogP contribution in [0.4, 0.5) is 4.79 Å². The molecule has 0 aliphatic rings. The number of hydrogen-bond donors (Lipinski definition) is 1. The Labute approximate surface area is 172 Å². The maximum Gasteiger partial charge on any atom is 0.408 e. The predicted molar refractivity (Wildman–Crippen MR) is 111 cm³/mol. The Balaban J connectivity index is 2.48. The highest BCUT2D eigenvalue weighted by Crippen LogP contribution is 2.26. The summed E-state index contributed by atoms with van der Waals surface area (Å²) in [6.45, 7) is 11.8. The summed E-state index contributed by atoms with van der Waals surface area (Å²) in [7, 11) is 1.33. The lowest BCUT2D eigenvalue weighted by molar-refractivity contribution is 0.0485. The van der Waals surface area contributed by atoms with E-state index >= 15 is 0 Å². The van der Waals surface area contributed by atoms with Crippen molar-refractivity contribution in [2.75, 3.05) is 7.11 Å². The Hall–Kier alpha value is -2.83. The number of carbonyl (C=O) groups excluding carboxylic acids is 2. The molecule has 0 spiro atoms. The lowest BCUT2D eigenvalue weighted by atomic mass is 10.0. The summed E-state index contributed by atoms with van der Waals surface area (Å²) in [4.78, 5) is 29.2. The molecule has 0 aliphatic heterocycles. The number of nitrogens with one attached hydrogen (secondary N) is 1. The minimum absolute atomic E-state index is 0.0179. The third-order valence-corrected chi connectivity index (χ3v) is 4.43.